The second-order valence-electron chi connectivity index (χ2n) is 13.7. The first kappa shape index (κ1) is 38.2. The molecule has 5 rings (SSSR count). The number of rotatable bonds is 8. The van der Waals surface area contributed by atoms with Crippen LogP contribution in [0.1, 0.15) is 132 Å². The van der Waals surface area contributed by atoms with E-state index >= 15 is 0 Å². The standard InChI is InChI=1S/C43H52N4Si.Ni/c1-12-27-29(14-3)38-25-40-31(16-5)33(18-7)42(46-40)35(22-20-21-23-48(9,10)11)43-34(19-8)32(17-6)41(47-43)26-39-30(15-4)28(13-2)37(45-39)24-36(27)44-38;/h24-26H,12-19H2,1-11H3;/q-2;+2. The molecule has 0 spiro atoms. The first-order chi connectivity index (χ1) is 23.1. The van der Waals surface area contributed by atoms with Gasteiger partial charge in [-0.05, 0) is 85.5 Å². The van der Waals surface area contributed by atoms with Crippen LogP contribution in [0.5, 0.6) is 0 Å². The quantitative estimate of drug-likeness (QED) is 0.172. The Kier molecular flexibility index (Phi) is 12.5. The van der Waals surface area contributed by atoms with Gasteiger partial charge in [-0.15, -0.1) is 27.6 Å². The van der Waals surface area contributed by atoms with Crippen LogP contribution >= 0.6 is 0 Å². The molecule has 0 saturated carbocycles. The largest absolute Gasteiger partial charge is 2.00 e. The van der Waals surface area contributed by atoms with E-state index in [1.54, 1.807) is 0 Å². The first-order valence-electron chi connectivity index (χ1n) is 18.3. The summed E-state index contributed by atoms with van der Waals surface area (Å²) in [6, 6.07) is 6.71. The molecule has 0 saturated heterocycles. The molecule has 0 radical (unpaired) electrons. The van der Waals surface area contributed by atoms with Gasteiger partial charge >= 0.3 is 16.5 Å². The molecule has 0 fully saturated rings. The van der Waals surface area contributed by atoms with Crippen molar-refractivity contribution in [2.75, 3.05) is 0 Å². The van der Waals surface area contributed by atoms with Gasteiger partial charge in [-0.3, -0.25) is 0 Å². The molecule has 0 aromatic carbocycles. The van der Waals surface area contributed by atoms with Crippen molar-refractivity contribution in [2.45, 2.75) is 126 Å². The van der Waals surface area contributed by atoms with Crippen LogP contribution in [-0.2, 0) is 42.2 Å². The Labute approximate surface area is 306 Å². The summed E-state index contributed by atoms with van der Waals surface area (Å²) in [7, 11) is -1.58. The fourth-order valence-electron chi connectivity index (χ4n) is 7.44. The smallest absolute Gasteiger partial charge is 0.657 e. The van der Waals surface area contributed by atoms with Crippen molar-refractivity contribution in [3.8, 4) is 23.3 Å². The van der Waals surface area contributed by atoms with Gasteiger partial charge in [0.1, 0.15) is 8.07 Å². The van der Waals surface area contributed by atoms with Gasteiger partial charge in [0, 0.05) is 5.56 Å². The van der Waals surface area contributed by atoms with Crippen molar-refractivity contribution in [1.82, 2.24) is 19.9 Å². The summed E-state index contributed by atoms with van der Waals surface area (Å²) in [5, 5.41) is 0. The van der Waals surface area contributed by atoms with Crippen molar-refractivity contribution in [3.63, 3.8) is 0 Å². The Balaban J connectivity index is 0.00000541. The topological polar surface area (TPSA) is 54.0 Å². The molecule has 3 aromatic heterocycles. The van der Waals surface area contributed by atoms with E-state index in [2.05, 4.69) is 117 Å². The minimum absolute atomic E-state index is 0. The van der Waals surface area contributed by atoms with E-state index in [0.717, 1.165) is 102 Å². The molecule has 0 aliphatic carbocycles. The second kappa shape index (κ2) is 16.0. The zero-order chi connectivity index (χ0) is 34.7. The molecule has 0 unspecified atom stereocenters. The molecule has 4 nitrogen and oxygen atoms in total. The number of aromatic nitrogens is 4. The number of aryl methyl sites for hydroxylation is 4. The number of hydrogen-bond acceptors (Lipinski definition) is 2. The van der Waals surface area contributed by atoms with Crippen LogP contribution in [0.15, 0.2) is 18.2 Å². The molecule has 8 bridgehead atoms. The number of fused-ring (bicyclic) bond motifs is 8. The second-order valence-corrected chi connectivity index (χ2v) is 18.4. The SMILES string of the molecule is CCC1=C(CC)c2cc3[n-]c(c(C#CC#C[Si](C)(C)C)c4nc(cc5[n-]c(cc1n2)c(CC)c5CC)C(CC)=C4CC)c(CC)c3CC.[Ni+2]. The van der Waals surface area contributed by atoms with E-state index in [0.29, 0.717) is 0 Å². The molecule has 0 atom stereocenters. The van der Waals surface area contributed by atoms with E-state index in [1.165, 1.54) is 44.5 Å². The zero-order valence-corrected chi connectivity index (χ0v) is 33.5. The minimum atomic E-state index is -1.58. The first-order valence-corrected chi connectivity index (χ1v) is 21.8. The van der Waals surface area contributed by atoms with Crippen LogP contribution in [0.2, 0.25) is 19.6 Å². The monoisotopic (exact) mass is 710 g/mol. The van der Waals surface area contributed by atoms with E-state index in [-0.39, 0.29) is 16.5 Å². The maximum atomic E-state index is 5.44. The Bertz CT molecular complexity index is 2110. The fourth-order valence-corrected chi connectivity index (χ4v) is 7.88. The number of allylic oxidation sites excluding steroid dienone is 4. The summed E-state index contributed by atoms with van der Waals surface area (Å²) in [6.45, 7) is 24.6. The molecule has 49 heavy (non-hydrogen) atoms. The van der Waals surface area contributed by atoms with E-state index in [1.807, 2.05) is 0 Å². The molecular weight excluding hydrogens is 659 g/mol. The van der Waals surface area contributed by atoms with Crippen LogP contribution in [0, 0.1) is 23.3 Å². The molecule has 6 heteroatoms. The van der Waals surface area contributed by atoms with Crippen LogP contribution in [0.4, 0.5) is 0 Å². The van der Waals surface area contributed by atoms with Crippen LogP contribution in [0.3, 0.4) is 0 Å². The summed E-state index contributed by atoms with van der Waals surface area (Å²) in [6.07, 6.45) is 7.16. The molecule has 0 N–H and O–H groups in total. The van der Waals surface area contributed by atoms with Crippen LogP contribution in [0.25, 0.3) is 44.4 Å². The van der Waals surface area contributed by atoms with E-state index < -0.39 is 8.07 Å². The fraction of sp³-hybridized carbons (Fsp3) is 0.442. The van der Waals surface area contributed by atoms with Crippen molar-refractivity contribution >= 4 is 52.4 Å². The average Bonchev–Trinajstić information content (AvgIpc) is 3.79. The van der Waals surface area contributed by atoms with Gasteiger partial charge in [-0.1, -0.05) is 121 Å². The molecule has 2 aliphatic rings. The van der Waals surface area contributed by atoms with Crippen molar-refractivity contribution in [2.24, 2.45) is 0 Å². The maximum absolute atomic E-state index is 5.44. The van der Waals surface area contributed by atoms with Gasteiger partial charge in [-0.2, -0.15) is 0 Å². The van der Waals surface area contributed by atoms with Crippen molar-refractivity contribution in [3.05, 3.63) is 68.8 Å². The Hall–Kier alpha value is -3.57. The summed E-state index contributed by atoms with van der Waals surface area (Å²) in [4.78, 5) is 21.5. The Morgan fingerprint density at radius 3 is 1.41 bits per heavy atom. The van der Waals surface area contributed by atoms with Gasteiger partial charge in [0.2, 0.25) is 0 Å². The van der Waals surface area contributed by atoms with Crippen LogP contribution < -0.4 is 9.97 Å². The Morgan fingerprint density at radius 2 is 0.959 bits per heavy atom. The van der Waals surface area contributed by atoms with Crippen LogP contribution in [-0.4, -0.2) is 18.0 Å². The number of hydrogen-bond donors (Lipinski definition) is 0. The molecule has 3 aromatic rings. The third kappa shape index (κ3) is 7.33. The molecule has 5 heterocycles. The average molecular weight is 712 g/mol. The molecule has 258 valence electrons. The molecule has 0 amide bonds. The third-order valence-corrected chi connectivity index (χ3v) is 10.5. The summed E-state index contributed by atoms with van der Waals surface area (Å²) in [5.74, 6) is 10.0. The summed E-state index contributed by atoms with van der Waals surface area (Å²) >= 11 is 0. The predicted molar refractivity (Wildman–Crippen MR) is 209 cm³/mol. The van der Waals surface area contributed by atoms with E-state index in [9.17, 15) is 0 Å². The van der Waals surface area contributed by atoms with Gasteiger partial charge < -0.3 is 9.97 Å². The van der Waals surface area contributed by atoms with Gasteiger partial charge in [0.25, 0.3) is 0 Å². The molecular formula is C43H52N4NiSi. The maximum Gasteiger partial charge on any atom is 2.00 e. The normalized spacial score (nSPS) is 12.8. The van der Waals surface area contributed by atoms with Gasteiger partial charge in [-0.25, -0.2) is 9.97 Å². The van der Waals surface area contributed by atoms with Crippen molar-refractivity contribution < 1.29 is 16.5 Å². The minimum Gasteiger partial charge on any atom is -0.657 e. The predicted octanol–water partition coefficient (Wildman–Crippen LogP) is 10.5. The Morgan fingerprint density at radius 1 is 0.531 bits per heavy atom. The summed E-state index contributed by atoms with van der Waals surface area (Å²) < 4.78 is 0. The van der Waals surface area contributed by atoms with Gasteiger partial charge in [0.05, 0.1) is 22.8 Å². The zero-order valence-electron chi connectivity index (χ0n) is 31.5. The summed E-state index contributed by atoms with van der Waals surface area (Å²) in [5.41, 5.74) is 22.6. The van der Waals surface area contributed by atoms with Gasteiger partial charge in [0.15, 0.2) is 0 Å². The third-order valence-electron chi connectivity index (χ3n) is 9.64. The van der Waals surface area contributed by atoms with Crippen molar-refractivity contribution in [1.29, 1.82) is 0 Å². The number of nitrogens with zero attached hydrogens (tertiary/aromatic N) is 4. The molecule has 2 aliphatic heterocycles. The van der Waals surface area contributed by atoms with E-state index in [4.69, 9.17) is 19.9 Å².